The Balaban J connectivity index is 0. The molecule has 0 aromatic rings. The first-order valence-corrected chi connectivity index (χ1v) is 12.7. The molecule has 0 unspecified atom stereocenters. The van der Waals surface area contributed by atoms with Gasteiger partial charge in [-0.2, -0.15) is 0 Å². The van der Waals surface area contributed by atoms with Crippen LogP contribution in [0.1, 0.15) is 112 Å². The second-order valence-corrected chi connectivity index (χ2v) is 9.21. The third-order valence-electron chi connectivity index (χ3n) is 5.74. The lowest BCUT2D eigenvalue weighted by molar-refractivity contribution is -0.929. The Labute approximate surface area is 194 Å². The fourth-order valence-electron chi connectivity index (χ4n) is 3.84. The van der Waals surface area contributed by atoms with Gasteiger partial charge in [-0.1, -0.05) is 57.3 Å². The molecule has 0 fully saturated rings. The summed E-state index contributed by atoms with van der Waals surface area (Å²) in [6, 6.07) is 0. The Bertz CT molecular complexity index is 452. The number of quaternary nitrogens is 1. The van der Waals surface area contributed by atoms with Crippen LogP contribution in [0.2, 0.25) is 0 Å². The number of aliphatic carboxylic acids is 1. The lowest BCUT2D eigenvalue weighted by Crippen LogP contribution is -2.51. The molecule has 4 nitrogen and oxygen atoms in total. The second kappa shape index (κ2) is 22.1. The van der Waals surface area contributed by atoms with Crippen molar-refractivity contribution in [2.45, 2.75) is 112 Å². The molecule has 0 spiro atoms. The van der Waals surface area contributed by atoms with Gasteiger partial charge in [-0.15, -0.1) is 0 Å². The summed E-state index contributed by atoms with van der Waals surface area (Å²) in [6.45, 7) is 17.8. The maximum atomic E-state index is 10.1. The lowest BCUT2D eigenvalue weighted by Gasteiger charge is -2.39. The van der Waals surface area contributed by atoms with E-state index in [-0.39, 0.29) is 0 Å². The van der Waals surface area contributed by atoms with Gasteiger partial charge in [0.2, 0.25) is 0 Å². The summed E-state index contributed by atoms with van der Waals surface area (Å²) in [5.41, 5.74) is 2.11. The van der Waals surface area contributed by atoms with Crippen molar-refractivity contribution in [2.75, 3.05) is 32.8 Å². The summed E-state index contributed by atoms with van der Waals surface area (Å²) in [7, 11) is 0. The van der Waals surface area contributed by atoms with E-state index in [1.165, 1.54) is 87.5 Å². The zero-order chi connectivity index (χ0) is 24.0. The second-order valence-electron chi connectivity index (χ2n) is 9.21. The van der Waals surface area contributed by atoms with E-state index in [2.05, 4.69) is 26.8 Å². The van der Waals surface area contributed by atoms with Crippen molar-refractivity contribution in [1.29, 1.82) is 0 Å². The standard InChI is InChI=1S/C17H38NO.C10H16O2/c1-4-7-10-13-18(16-17-19,14-11-8-5-2)15-12-9-6-3;1-8(2)5-4-6-9(3)7-10(11)12/h19H,4-17H2,1-3H3;5,7H,4,6H2,1-3H3,(H,11,12)/q+1;/p-1/b;9-7+. The summed E-state index contributed by atoms with van der Waals surface area (Å²) in [4.78, 5) is 10.1. The minimum atomic E-state index is -1.11. The average molecular weight is 440 g/mol. The van der Waals surface area contributed by atoms with E-state index in [9.17, 15) is 15.0 Å². The first-order valence-electron chi connectivity index (χ1n) is 12.7. The Hall–Kier alpha value is -1.13. The summed E-state index contributed by atoms with van der Waals surface area (Å²) in [5, 5.41) is 19.6. The number of hydrogen-bond donors (Lipinski definition) is 1. The van der Waals surface area contributed by atoms with Crippen molar-refractivity contribution in [1.82, 2.24) is 0 Å². The number of carbonyl (C=O) groups excluding carboxylic acids is 1. The van der Waals surface area contributed by atoms with Crippen LogP contribution in [0.5, 0.6) is 0 Å². The first-order chi connectivity index (χ1) is 14.8. The van der Waals surface area contributed by atoms with Gasteiger partial charge in [0, 0.05) is 0 Å². The highest BCUT2D eigenvalue weighted by molar-refractivity contribution is 5.78. The normalized spacial score (nSPS) is 11.6. The van der Waals surface area contributed by atoms with Crippen LogP contribution in [-0.4, -0.2) is 48.3 Å². The summed E-state index contributed by atoms with van der Waals surface area (Å²) in [5.74, 6) is -1.11. The van der Waals surface area contributed by atoms with E-state index in [1.807, 2.05) is 13.8 Å². The van der Waals surface area contributed by atoms with E-state index in [1.54, 1.807) is 6.92 Å². The van der Waals surface area contributed by atoms with Gasteiger partial charge < -0.3 is 19.5 Å². The van der Waals surface area contributed by atoms with Crippen LogP contribution in [0, 0.1) is 0 Å². The fourth-order valence-corrected chi connectivity index (χ4v) is 3.84. The molecule has 0 aliphatic heterocycles. The van der Waals surface area contributed by atoms with Gasteiger partial charge in [0.15, 0.2) is 0 Å². The molecule has 0 amide bonds. The molecule has 31 heavy (non-hydrogen) atoms. The predicted molar refractivity (Wildman–Crippen MR) is 133 cm³/mol. The molecule has 184 valence electrons. The number of carbonyl (C=O) groups is 1. The zero-order valence-corrected chi connectivity index (χ0v) is 21.7. The molecule has 0 aromatic heterocycles. The monoisotopic (exact) mass is 439 g/mol. The van der Waals surface area contributed by atoms with Gasteiger partial charge in [-0.05, 0) is 78.2 Å². The number of nitrogens with zero attached hydrogens (tertiary/aromatic N) is 1. The zero-order valence-electron chi connectivity index (χ0n) is 21.7. The minimum absolute atomic E-state index is 0.352. The van der Waals surface area contributed by atoms with Crippen LogP contribution in [0.15, 0.2) is 23.3 Å². The summed E-state index contributed by atoms with van der Waals surface area (Å²) >= 11 is 0. The molecule has 0 saturated carbocycles. The van der Waals surface area contributed by atoms with E-state index >= 15 is 0 Å². The number of aliphatic hydroxyl groups is 1. The van der Waals surface area contributed by atoms with Gasteiger partial charge in [0.25, 0.3) is 0 Å². The highest BCUT2D eigenvalue weighted by Crippen LogP contribution is 2.16. The largest absolute Gasteiger partial charge is 0.545 e. The third-order valence-corrected chi connectivity index (χ3v) is 5.74. The molecular formula is C27H53NO3. The smallest absolute Gasteiger partial charge is 0.102 e. The van der Waals surface area contributed by atoms with Crippen molar-refractivity contribution in [3.8, 4) is 0 Å². The van der Waals surface area contributed by atoms with E-state index in [0.717, 1.165) is 31.0 Å². The predicted octanol–water partition coefficient (Wildman–Crippen LogP) is 5.80. The highest BCUT2D eigenvalue weighted by atomic mass is 16.4. The molecule has 0 bridgehead atoms. The molecule has 0 heterocycles. The van der Waals surface area contributed by atoms with Crippen molar-refractivity contribution in [3.05, 3.63) is 23.3 Å². The Morgan fingerprint density at radius 2 is 1.26 bits per heavy atom. The molecule has 0 aliphatic carbocycles. The van der Waals surface area contributed by atoms with Gasteiger partial charge in [-0.25, -0.2) is 0 Å². The third kappa shape index (κ3) is 21.9. The topological polar surface area (TPSA) is 60.4 Å². The first kappa shape index (κ1) is 32.1. The minimum Gasteiger partial charge on any atom is -0.545 e. The maximum Gasteiger partial charge on any atom is 0.102 e. The van der Waals surface area contributed by atoms with E-state index < -0.39 is 5.97 Å². The maximum absolute atomic E-state index is 10.1. The van der Waals surface area contributed by atoms with Crippen LogP contribution in [0.25, 0.3) is 0 Å². The molecule has 0 aliphatic rings. The number of unbranched alkanes of at least 4 members (excludes halogenated alkanes) is 6. The molecule has 0 atom stereocenters. The Morgan fingerprint density at radius 1 is 0.806 bits per heavy atom. The van der Waals surface area contributed by atoms with Crippen LogP contribution < -0.4 is 5.11 Å². The summed E-state index contributed by atoms with van der Waals surface area (Å²) in [6.07, 6.45) is 16.8. The quantitative estimate of drug-likeness (QED) is 0.127. The highest BCUT2D eigenvalue weighted by Gasteiger charge is 2.25. The number of aliphatic hydroxyl groups excluding tert-OH is 1. The van der Waals surface area contributed by atoms with Crippen molar-refractivity contribution in [3.63, 3.8) is 0 Å². The summed E-state index contributed by atoms with van der Waals surface area (Å²) < 4.78 is 1.18. The van der Waals surface area contributed by atoms with Gasteiger partial charge >= 0.3 is 0 Å². The Morgan fingerprint density at radius 3 is 1.58 bits per heavy atom. The number of carboxylic acid groups (broad SMARTS) is 1. The van der Waals surface area contributed by atoms with Crippen LogP contribution in [0.3, 0.4) is 0 Å². The number of allylic oxidation sites excluding steroid dienone is 3. The molecule has 1 N–H and O–H groups in total. The average Bonchev–Trinajstić information content (AvgIpc) is 2.68. The van der Waals surface area contributed by atoms with Gasteiger partial charge in [0.1, 0.15) is 6.54 Å². The SMILES string of the molecule is CC(C)=CCC/C(C)=C/C(=O)[O-].CCCCC[N+](CCO)(CCCCC)CCCCC. The van der Waals surface area contributed by atoms with Gasteiger partial charge in [0.05, 0.1) is 32.2 Å². The lowest BCUT2D eigenvalue weighted by atomic mass is 10.1. The van der Waals surface area contributed by atoms with Crippen LogP contribution in [-0.2, 0) is 4.79 Å². The fraction of sp³-hybridized carbons (Fsp3) is 0.815. The molecule has 4 heteroatoms. The number of rotatable bonds is 18. The molecular weight excluding hydrogens is 386 g/mol. The number of carboxylic acids is 1. The van der Waals surface area contributed by atoms with E-state index in [4.69, 9.17) is 0 Å². The van der Waals surface area contributed by atoms with Crippen molar-refractivity contribution in [2.24, 2.45) is 0 Å². The molecule has 0 radical (unpaired) electrons. The number of hydrogen-bond acceptors (Lipinski definition) is 3. The van der Waals surface area contributed by atoms with Gasteiger partial charge in [-0.3, -0.25) is 0 Å². The molecule has 0 saturated heterocycles. The van der Waals surface area contributed by atoms with E-state index in [0.29, 0.717) is 6.61 Å². The molecule has 0 aromatic carbocycles. The Kier molecular flexibility index (Phi) is 22.8. The van der Waals surface area contributed by atoms with Crippen LogP contribution >= 0.6 is 0 Å². The van der Waals surface area contributed by atoms with Crippen molar-refractivity contribution >= 4 is 5.97 Å². The van der Waals surface area contributed by atoms with Crippen molar-refractivity contribution < 1.29 is 19.5 Å². The van der Waals surface area contributed by atoms with Crippen LogP contribution in [0.4, 0.5) is 0 Å². The molecule has 0 rings (SSSR count).